The van der Waals surface area contributed by atoms with E-state index in [0.29, 0.717) is 37.4 Å². The van der Waals surface area contributed by atoms with Gasteiger partial charge in [-0.15, -0.1) is 0 Å². The molecule has 26 heavy (non-hydrogen) atoms. The number of carbonyl (C=O) groups is 2. The summed E-state index contributed by atoms with van der Waals surface area (Å²) in [5.41, 5.74) is -0.518. The van der Waals surface area contributed by atoms with Gasteiger partial charge < -0.3 is 24.4 Å². The van der Waals surface area contributed by atoms with E-state index in [1.54, 1.807) is 11.0 Å². The molecular formula is C19H26N2O5. The Kier molecular flexibility index (Phi) is 5.25. The average molecular weight is 362 g/mol. The lowest BCUT2D eigenvalue weighted by Gasteiger charge is -2.35. The topological polar surface area (TPSA) is 77.1 Å². The van der Waals surface area contributed by atoms with E-state index < -0.39 is 17.8 Å². The number of nitrogens with zero attached hydrogens (tertiary/aromatic N) is 1. The molecule has 3 rings (SSSR count). The largest absolute Gasteiger partial charge is 0.485 e. The molecule has 1 N–H and O–H groups in total. The van der Waals surface area contributed by atoms with Gasteiger partial charge in [0.25, 0.3) is 5.91 Å². The van der Waals surface area contributed by atoms with Crippen molar-refractivity contribution in [3.63, 3.8) is 0 Å². The van der Waals surface area contributed by atoms with Crippen molar-refractivity contribution in [1.82, 2.24) is 10.2 Å². The first-order chi connectivity index (χ1) is 12.3. The zero-order chi connectivity index (χ0) is 18.7. The van der Waals surface area contributed by atoms with E-state index in [0.717, 1.165) is 0 Å². The highest BCUT2D eigenvalue weighted by Gasteiger charge is 2.33. The third kappa shape index (κ3) is 4.59. The second-order valence-corrected chi connectivity index (χ2v) is 7.61. The van der Waals surface area contributed by atoms with Crippen LogP contribution >= 0.6 is 0 Å². The summed E-state index contributed by atoms with van der Waals surface area (Å²) in [4.78, 5) is 26.3. The molecule has 142 valence electrons. The minimum Gasteiger partial charge on any atom is -0.485 e. The maximum absolute atomic E-state index is 12.7. The van der Waals surface area contributed by atoms with Crippen LogP contribution in [-0.4, -0.2) is 54.3 Å². The Labute approximate surface area is 153 Å². The van der Waals surface area contributed by atoms with Crippen LogP contribution in [0.2, 0.25) is 0 Å². The molecule has 0 saturated carbocycles. The predicted octanol–water partition coefficient (Wildman–Crippen LogP) is 2.34. The van der Waals surface area contributed by atoms with Crippen LogP contribution in [0.3, 0.4) is 0 Å². The molecule has 0 bridgehead atoms. The summed E-state index contributed by atoms with van der Waals surface area (Å²) in [5, 5.41) is 2.87. The first-order valence-corrected chi connectivity index (χ1v) is 8.98. The Morgan fingerprint density at radius 1 is 1.15 bits per heavy atom. The zero-order valence-electron chi connectivity index (χ0n) is 15.5. The quantitative estimate of drug-likeness (QED) is 0.874. The Morgan fingerprint density at radius 3 is 2.46 bits per heavy atom. The van der Waals surface area contributed by atoms with Crippen molar-refractivity contribution in [2.75, 3.05) is 19.7 Å². The smallest absolute Gasteiger partial charge is 0.407 e. The fourth-order valence-corrected chi connectivity index (χ4v) is 3.06. The number of para-hydroxylation sites is 2. The van der Waals surface area contributed by atoms with Crippen molar-refractivity contribution in [3.8, 4) is 11.5 Å². The molecule has 1 atom stereocenters. The van der Waals surface area contributed by atoms with E-state index in [9.17, 15) is 9.59 Å². The lowest BCUT2D eigenvalue weighted by Crippen LogP contribution is -2.52. The van der Waals surface area contributed by atoms with E-state index in [2.05, 4.69) is 5.32 Å². The summed E-state index contributed by atoms with van der Waals surface area (Å²) in [6.07, 6.45) is 0.341. The van der Waals surface area contributed by atoms with Gasteiger partial charge in [0.1, 0.15) is 12.2 Å². The minimum absolute atomic E-state index is 0.0122. The number of likely N-dealkylation sites (tertiary alicyclic amines) is 1. The Bertz CT molecular complexity index is 662. The normalized spacial score (nSPS) is 20.4. The van der Waals surface area contributed by atoms with E-state index in [4.69, 9.17) is 14.2 Å². The first kappa shape index (κ1) is 18.4. The number of alkyl carbamates (subject to hydrolysis) is 1. The molecule has 7 heteroatoms. The van der Waals surface area contributed by atoms with Gasteiger partial charge in [-0.3, -0.25) is 4.79 Å². The molecule has 2 heterocycles. The molecule has 7 nitrogen and oxygen atoms in total. The first-order valence-electron chi connectivity index (χ1n) is 8.98. The zero-order valence-corrected chi connectivity index (χ0v) is 15.5. The highest BCUT2D eigenvalue weighted by molar-refractivity contribution is 5.82. The second-order valence-electron chi connectivity index (χ2n) is 7.61. The van der Waals surface area contributed by atoms with Gasteiger partial charge in [0.05, 0.1) is 0 Å². The number of hydrogen-bond acceptors (Lipinski definition) is 5. The molecule has 1 aromatic carbocycles. The summed E-state index contributed by atoms with van der Waals surface area (Å²) in [6.45, 7) is 6.85. The number of rotatable bonds is 2. The third-order valence-electron chi connectivity index (χ3n) is 4.31. The van der Waals surface area contributed by atoms with E-state index in [-0.39, 0.29) is 18.6 Å². The Morgan fingerprint density at radius 2 is 1.81 bits per heavy atom. The number of ether oxygens (including phenoxy) is 3. The van der Waals surface area contributed by atoms with Crippen molar-refractivity contribution >= 4 is 12.0 Å². The minimum atomic E-state index is -0.625. The molecule has 0 spiro atoms. The molecule has 2 aliphatic heterocycles. The van der Waals surface area contributed by atoms with E-state index >= 15 is 0 Å². The fraction of sp³-hybridized carbons (Fsp3) is 0.579. The third-order valence-corrected chi connectivity index (χ3v) is 4.31. The second kappa shape index (κ2) is 7.43. The van der Waals surface area contributed by atoms with Gasteiger partial charge in [0.15, 0.2) is 11.5 Å². The maximum Gasteiger partial charge on any atom is 0.407 e. The number of piperidine rings is 1. The fourth-order valence-electron chi connectivity index (χ4n) is 3.06. The van der Waals surface area contributed by atoms with Crippen LogP contribution in [0.25, 0.3) is 0 Å². The van der Waals surface area contributed by atoms with E-state index in [1.807, 2.05) is 39.0 Å². The average Bonchev–Trinajstić information content (AvgIpc) is 2.59. The lowest BCUT2D eigenvalue weighted by molar-refractivity contribution is -0.142. The lowest BCUT2D eigenvalue weighted by atomic mass is 10.0. The van der Waals surface area contributed by atoms with Crippen molar-refractivity contribution in [1.29, 1.82) is 0 Å². The van der Waals surface area contributed by atoms with Gasteiger partial charge in [0.2, 0.25) is 6.10 Å². The van der Waals surface area contributed by atoms with Crippen LogP contribution < -0.4 is 14.8 Å². The monoisotopic (exact) mass is 362 g/mol. The number of hydrogen-bond donors (Lipinski definition) is 1. The summed E-state index contributed by atoms with van der Waals surface area (Å²) in [7, 11) is 0. The van der Waals surface area contributed by atoms with E-state index in [1.165, 1.54) is 0 Å². The van der Waals surface area contributed by atoms with Gasteiger partial charge in [0, 0.05) is 19.1 Å². The number of nitrogens with one attached hydrogen (secondary N) is 1. The molecule has 1 fully saturated rings. The van der Waals surface area contributed by atoms with Gasteiger partial charge >= 0.3 is 6.09 Å². The van der Waals surface area contributed by atoms with Crippen molar-refractivity contribution < 1.29 is 23.8 Å². The number of benzene rings is 1. The predicted molar refractivity (Wildman–Crippen MR) is 95.3 cm³/mol. The summed E-state index contributed by atoms with van der Waals surface area (Å²) in [6, 6.07) is 7.35. The molecule has 0 aromatic heterocycles. The van der Waals surface area contributed by atoms with Crippen molar-refractivity contribution in [2.24, 2.45) is 0 Å². The number of carbonyl (C=O) groups excluding carboxylic acids is 2. The van der Waals surface area contributed by atoms with Crippen LogP contribution in [0, 0.1) is 0 Å². The molecular weight excluding hydrogens is 336 g/mol. The van der Waals surface area contributed by atoms with Crippen molar-refractivity contribution in [3.05, 3.63) is 24.3 Å². The van der Waals surface area contributed by atoms with Gasteiger partial charge in [-0.05, 0) is 45.7 Å². The summed E-state index contributed by atoms with van der Waals surface area (Å²) < 4.78 is 16.7. The highest BCUT2D eigenvalue weighted by atomic mass is 16.6. The van der Waals surface area contributed by atoms with Crippen LogP contribution in [0.15, 0.2) is 24.3 Å². The highest BCUT2D eigenvalue weighted by Crippen LogP contribution is 2.31. The van der Waals surface area contributed by atoms with Crippen LogP contribution in [0.5, 0.6) is 11.5 Å². The molecule has 2 amide bonds. The molecule has 0 unspecified atom stereocenters. The maximum atomic E-state index is 12.7. The van der Waals surface area contributed by atoms with Crippen LogP contribution in [0.1, 0.15) is 33.6 Å². The number of amides is 2. The van der Waals surface area contributed by atoms with Gasteiger partial charge in [-0.25, -0.2) is 4.79 Å². The van der Waals surface area contributed by atoms with Gasteiger partial charge in [-0.1, -0.05) is 12.1 Å². The Hall–Kier alpha value is -2.44. The van der Waals surface area contributed by atoms with Crippen LogP contribution in [0.4, 0.5) is 4.79 Å². The number of fused-ring (bicyclic) bond motifs is 1. The Balaban J connectivity index is 1.48. The summed E-state index contributed by atoms with van der Waals surface area (Å²) in [5.74, 6) is 1.19. The van der Waals surface area contributed by atoms with Gasteiger partial charge in [-0.2, -0.15) is 0 Å². The molecule has 0 aliphatic carbocycles. The van der Waals surface area contributed by atoms with Crippen molar-refractivity contribution in [2.45, 2.75) is 51.4 Å². The molecule has 2 aliphatic rings. The molecule has 1 aromatic rings. The standard InChI is InChI=1S/C19H26N2O5/c1-19(2,3)26-18(23)20-13-8-10-21(11-9-13)17(22)16-12-24-14-6-4-5-7-15(14)25-16/h4-7,13,16H,8-12H2,1-3H3,(H,20,23)/t16-/m1/s1. The van der Waals surface area contributed by atoms with Crippen LogP contribution in [-0.2, 0) is 9.53 Å². The molecule has 0 radical (unpaired) electrons. The SMILES string of the molecule is CC(C)(C)OC(=O)NC1CCN(C(=O)[C@H]2COc3ccccc3O2)CC1. The molecule has 1 saturated heterocycles. The summed E-state index contributed by atoms with van der Waals surface area (Å²) >= 11 is 0.